The summed E-state index contributed by atoms with van der Waals surface area (Å²) in [6.45, 7) is 16.1. The van der Waals surface area contributed by atoms with Gasteiger partial charge < -0.3 is 4.90 Å². The van der Waals surface area contributed by atoms with Gasteiger partial charge >= 0.3 is 0 Å². The van der Waals surface area contributed by atoms with Crippen molar-refractivity contribution in [2.75, 3.05) is 18.0 Å². The Kier molecular flexibility index (Phi) is 5.65. The van der Waals surface area contributed by atoms with Gasteiger partial charge in [-0.25, -0.2) is 4.98 Å². The summed E-state index contributed by atoms with van der Waals surface area (Å²) < 4.78 is 0. The maximum Gasteiger partial charge on any atom is 0.129 e. The molecular weight excluding hydrogens is 328 g/mol. The minimum Gasteiger partial charge on any atom is -0.357 e. The molecule has 0 saturated carbocycles. The molecule has 0 fully saturated rings. The smallest absolute Gasteiger partial charge is 0.129 e. The van der Waals surface area contributed by atoms with Crippen molar-refractivity contribution < 1.29 is 0 Å². The van der Waals surface area contributed by atoms with Crippen LogP contribution in [0.5, 0.6) is 0 Å². The molecule has 2 aromatic rings. The van der Waals surface area contributed by atoms with Crippen LogP contribution < -0.4 is 4.90 Å². The Morgan fingerprint density at radius 2 is 1.48 bits per heavy atom. The Balaban J connectivity index is 2.02. The average molecular weight is 365 g/mol. The summed E-state index contributed by atoms with van der Waals surface area (Å²) >= 11 is 0. The molecule has 1 aromatic heterocycles. The zero-order chi connectivity index (χ0) is 19.7. The lowest BCUT2D eigenvalue weighted by atomic mass is 9.63. The van der Waals surface area contributed by atoms with Crippen LogP contribution in [0.3, 0.4) is 0 Å². The molecule has 0 saturated heterocycles. The van der Waals surface area contributed by atoms with Crippen molar-refractivity contribution in [2.45, 2.75) is 78.1 Å². The first-order chi connectivity index (χ1) is 12.8. The van der Waals surface area contributed by atoms with E-state index in [9.17, 15) is 0 Å². The molecule has 0 N–H and O–H groups in total. The van der Waals surface area contributed by atoms with Crippen molar-refractivity contribution in [3.8, 4) is 11.3 Å². The quantitative estimate of drug-likeness (QED) is 0.565. The summed E-state index contributed by atoms with van der Waals surface area (Å²) in [4.78, 5) is 7.45. The van der Waals surface area contributed by atoms with Crippen molar-refractivity contribution in [2.24, 2.45) is 0 Å². The Morgan fingerprint density at radius 3 is 2.11 bits per heavy atom. The van der Waals surface area contributed by atoms with Crippen LogP contribution in [0.15, 0.2) is 36.4 Å². The van der Waals surface area contributed by atoms with Gasteiger partial charge in [-0.1, -0.05) is 59.7 Å². The highest BCUT2D eigenvalue weighted by molar-refractivity contribution is 5.65. The van der Waals surface area contributed by atoms with Crippen molar-refractivity contribution in [1.82, 2.24) is 4.98 Å². The topological polar surface area (TPSA) is 16.1 Å². The molecule has 0 amide bonds. The van der Waals surface area contributed by atoms with E-state index in [1.165, 1.54) is 29.5 Å². The van der Waals surface area contributed by atoms with Crippen molar-refractivity contribution >= 4 is 5.82 Å². The van der Waals surface area contributed by atoms with E-state index in [1.54, 1.807) is 0 Å². The fourth-order valence-electron chi connectivity index (χ4n) is 4.39. The molecule has 0 radical (unpaired) electrons. The van der Waals surface area contributed by atoms with Crippen LogP contribution in [0.1, 0.15) is 78.4 Å². The van der Waals surface area contributed by atoms with Crippen LogP contribution in [0, 0.1) is 0 Å². The fraction of sp³-hybridized carbons (Fsp3) is 0.560. The van der Waals surface area contributed by atoms with E-state index in [1.807, 2.05) is 0 Å². The summed E-state index contributed by atoms with van der Waals surface area (Å²) in [7, 11) is 0. The molecule has 0 spiro atoms. The molecule has 0 atom stereocenters. The van der Waals surface area contributed by atoms with Crippen LogP contribution in [0.4, 0.5) is 5.82 Å². The molecule has 2 heteroatoms. The summed E-state index contributed by atoms with van der Waals surface area (Å²) in [5, 5.41) is 0. The third-order valence-corrected chi connectivity index (χ3v) is 6.19. The lowest BCUT2D eigenvalue weighted by Crippen LogP contribution is -2.33. The second-order valence-electron chi connectivity index (χ2n) is 9.40. The highest BCUT2D eigenvalue weighted by Gasteiger charge is 2.37. The fourth-order valence-corrected chi connectivity index (χ4v) is 4.39. The second kappa shape index (κ2) is 7.66. The number of pyridine rings is 1. The highest BCUT2D eigenvalue weighted by Crippen LogP contribution is 2.46. The Morgan fingerprint density at radius 1 is 0.852 bits per heavy atom. The number of rotatable bonds is 6. The van der Waals surface area contributed by atoms with E-state index in [0.717, 1.165) is 37.4 Å². The molecule has 27 heavy (non-hydrogen) atoms. The van der Waals surface area contributed by atoms with Gasteiger partial charge in [0.1, 0.15) is 5.82 Å². The van der Waals surface area contributed by atoms with Gasteiger partial charge in [0.2, 0.25) is 0 Å². The molecule has 0 unspecified atom stereocenters. The molecule has 1 aromatic carbocycles. The first-order valence-electron chi connectivity index (χ1n) is 10.7. The minimum absolute atomic E-state index is 0.231. The van der Waals surface area contributed by atoms with E-state index in [-0.39, 0.29) is 10.8 Å². The molecule has 0 bridgehead atoms. The normalized spacial score (nSPS) is 17.4. The summed E-state index contributed by atoms with van der Waals surface area (Å²) in [6.07, 6.45) is 4.79. The van der Waals surface area contributed by atoms with Crippen molar-refractivity contribution in [3.05, 3.63) is 47.5 Å². The molecule has 3 rings (SSSR count). The lowest BCUT2D eigenvalue weighted by Gasteiger charge is -2.42. The monoisotopic (exact) mass is 364 g/mol. The number of fused-ring (bicyclic) bond motifs is 1. The zero-order valence-corrected chi connectivity index (χ0v) is 18.1. The highest BCUT2D eigenvalue weighted by atomic mass is 15.2. The van der Waals surface area contributed by atoms with E-state index in [4.69, 9.17) is 4.98 Å². The molecular formula is C25H36N2. The minimum atomic E-state index is 0.231. The van der Waals surface area contributed by atoms with Gasteiger partial charge in [-0.05, 0) is 65.8 Å². The SMILES string of the molecule is CCCN(CCC)c1cccc(-c2ccc3c(c2)C(C)(C)CCC3(C)C)n1. The molecule has 2 nitrogen and oxygen atoms in total. The van der Waals surface area contributed by atoms with Crippen LogP contribution in [-0.4, -0.2) is 18.1 Å². The molecule has 0 aliphatic heterocycles. The maximum absolute atomic E-state index is 5.04. The third kappa shape index (κ3) is 4.05. The Hall–Kier alpha value is -1.83. The predicted octanol–water partition coefficient (Wildman–Crippen LogP) is 6.72. The standard InChI is InChI=1S/C25H36N2/c1-7-16-27(17-8-2)23-11-9-10-22(26-23)19-12-13-20-21(18-19)25(5,6)15-14-24(20,3)4/h9-13,18H,7-8,14-17H2,1-6H3. The van der Waals surface area contributed by atoms with Crippen LogP contribution in [0.25, 0.3) is 11.3 Å². The summed E-state index contributed by atoms with van der Waals surface area (Å²) in [6, 6.07) is 13.5. The average Bonchev–Trinajstić information content (AvgIpc) is 2.65. The second-order valence-corrected chi connectivity index (χ2v) is 9.40. The van der Waals surface area contributed by atoms with E-state index in [2.05, 4.69) is 82.8 Å². The molecule has 146 valence electrons. The van der Waals surface area contributed by atoms with Crippen LogP contribution in [0.2, 0.25) is 0 Å². The van der Waals surface area contributed by atoms with Crippen molar-refractivity contribution in [3.63, 3.8) is 0 Å². The van der Waals surface area contributed by atoms with E-state index >= 15 is 0 Å². The number of benzene rings is 1. The molecule has 1 heterocycles. The summed E-state index contributed by atoms with van der Waals surface area (Å²) in [5.41, 5.74) is 5.84. The molecule has 1 aliphatic rings. The van der Waals surface area contributed by atoms with Crippen molar-refractivity contribution in [1.29, 1.82) is 0 Å². The van der Waals surface area contributed by atoms with Gasteiger partial charge in [-0.3, -0.25) is 0 Å². The van der Waals surface area contributed by atoms with E-state index in [0.29, 0.717) is 0 Å². The lowest BCUT2D eigenvalue weighted by molar-refractivity contribution is 0.332. The third-order valence-electron chi connectivity index (χ3n) is 6.19. The first-order valence-corrected chi connectivity index (χ1v) is 10.7. The zero-order valence-electron chi connectivity index (χ0n) is 18.1. The van der Waals surface area contributed by atoms with Gasteiger partial charge in [0.05, 0.1) is 5.69 Å². The Bertz CT molecular complexity index is 783. The van der Waals surface area contributed by atoms with Gasteiger partial charge in [0, 0.05) is 18.7 Å². The van der Waals surface area contributed by atoms with Gasteiger partial charge in [-0.2, -0.15) is 0 Å². The number of hydrogen-bond acceptors (Lipinski definition) is 2. The summed E-state index contributed by atoms with van der Waals surface area (Å²) in [5.74, 6) is 1.11. The largest absolute Gasteiger partial charge is 0.357 e. The van der Waals surface area contributed by atoms with E-state index < -0.39 is 0 Å². The van der Waals surface area contributed by atoms with Gasteiger partial charge in [0.15, 0.2) is 0 Å². The first kappa shape index (κ1) is 19.9. The number of aromatic nitrogens is 1. The van der Waals surface area contributed by atoms with Gasteiger partial charge in [-0.15, -0.1) is 0 Å². The molecule has 1 aliphatic carbocycles. The number of anilines is 1. The van der Waals surface area contributed by atoms with Crippen LogP contribution in [-0.2, 0) is 10.8 Å². The maximum atomic E-state index is 5.04. The predicted molar refractivity (Wildman–Crippen MR) is 118 cm³/mol. The number of hydrogen-bond donors (Lipinski definition) is 0. The van der Waals surface area contributed by atoms with Crippen LogP contribution >= 0.6 is 0 Å². The Labute approximate surface area is 166 Å². The van der Waals surface area contributed by atoms with Gasteiger partial charge in [0.25, 0.3) is 0 Å². The number of nitrogens with zero attached hydrogens (tertiary/aromatic N) is 2.